The summed E-state index contributed by atoms with van der Waals surface area (Å²) < 4.78 is 0. The first-order chi connectivity index (χ1) is 13.9. The number of hydrogen-bond donors (Lipinski definition) is 1. The third-order valence-electron chi connectivity index (χ3n) is 5.59. The molecule has 0 unspecified atom stereocenters. The van der Waals surface area contributed by atoms with Gasteiger partial charge in [-0.3, -0.25) is 0 Å². The number of carbonyl (C=O) groups is 1. The van der Waals surface area contributed by atoms with E-state index in [2.05, 4.69) is 68.5 Å². The molecule has 3 aromatic carbocycles. The van der Waals surface area contributed by atoms with Crippen LogP contribution in [0.5, 0.6) is 0 Å². The van der Waals surface area contributed by atoms with Crippen molar-refractivity contribution in [3.05, 3.63) is 112 Å². The van der Waals surface area contributed by atoms with Gasteiger partial charge in [-0.25, -0.2) is 4.79 Å². The zero-order valence-corrected chi connectivity index (χ0v) is 16.7. The molecule has 0 bridgehead atoms. The van der Waals surface area contributed by atoms with Gasteiger partial charge in [0.1, 0.15) is 0 Å². The van der Waals surface area contributed by atoms with Gasteiger partial charge in [0.15, 0.2) is 0 Å². The maximum absolute atomic E-state index is 11.0. The number of hydrogen-bond acceptors (Lipinski definition) is 1. The van der Waals surface area contributed by atoms with Gasteiger partial charge in [-0.1, -0.05) is 86.7 Å². The molecule has 146 valence electrons. The smallest absolute Gasteiger partial charge is 0.335 e. The van der Waals surface area contributed by atoms with Crippen LogP contribution in [0, 0.1) is 0 Å². The Hall–Kier alpha value is -3.39. The van der Waals surface area contributed by atoms with Crippen LogP contribution in [0.15, 0.2) is 78.9 Å². The number of rotatable bonds is 4. The van der Waals surface area contributed by atoms with E-state index in [1.54, 1.807) is 12.1 Å². The first kappa shape index (κ1) is 18.9. The minimum atomic E-state index is -0.905. The van der Waals surface area contributed by atoms with E-state index >= 15 is 0 Å². The SMILES string of the molecule is CC1(C)CC=C(c2ccccc2)c2cc(/C=C/c3ccc(C(=O)O)cc3)ccc21.[HH]. The molecule has 0 aliphatic heterocycles. The maximum atomic E-state index is 11.0. The van der Waals surface area contributed by atoms with E-state index in [-0.39, 0.29) is 6.84 Å². The molecule has 1 aliphatic rings. The Morgan fingerprint density at radius 2 is 1.59 bits per heavy atom. The lowest BCUT2D eigenvalue weighted by atomic mass is 9.72. The first-order valence-corrected chi connectivity index (χ1v) is 9.86. The summed E-state index contributed by atoms with van der Waals surface area (Å²) in [7, 11) is 0. The molecule has 0 amide bonds. The Morgan fingerprint density at radius 1 is 0.931 bits per heavy atom. The summed E-state index contributed by atoms with van der Waals surface area (Å²) in [5, 5.41) is 9.03. The van der Waals surface area contributed by atoms with Crippen molar-refractivity contribution in [2.75, 3.05) is 0 Å². The highest BCUT2D eigenvalue weighted by Crippen LogP contribution is 2.41. The predicted octanol–water partition coefficient (Wildman–Crippen LogP) is 6.91. The molecule has 1 aliphatic carbocycles. The summed E-state index contributed by atoms with van der Waals surface area (Å²) in [4.78, 5) is 11.0. The van der Waals surface area contributed by atoms with Gasteiger partial charge in [0.25, 0.3) is 0 Å². The highest BCUT2D eigenvalue weighted by molar-refractivity contribution is 5.88. The summed E-state index contributed by atoms with van der Waals surface area (Å²) in [5.74, 6) is -0.905. The van der Waals surface area contributed by atoms with Gasteiger partial charge in [-0.2, -0.15) is 0 Å². The quantitative estimate of drug-likeness (QED) is 0.498. The van der Waals surface area contributed by atoms with Gasteiger partial charge in [0.2, 0.25) is 0 Å². The number of carboxylic acid groups (broad SMARTS) is 1. The lowest BCUT2D eigenvalue weighted by Crippen LogP contribution is -2.21. The van der Waals surface area contributed by atoms with Gasteiger partial charge >= 0.3 is 5.97 Å². The molecule has 3 aromatic rings. The van der Waals surface area contributed by atoms with Crippen LogP contribution in [0.1, 0.15) is 59.9 Å². The molecule has 2 nitrogen and oxygen atoms in total. The lowest BCUT2D eigenvalue weighted by molar-refractivity contribution is 0.0697. The lowest BCUT2D eigenvalue weighted by Gasteiger charge is -2.32. The molecule has 0 atom stereocenters. The van der Waals surface area contributed by atoms with E-state index in [4.69, 9.17) is 5.11 Å². The fraction of sp³-hybridized carbons (Fsp3) is 0.148. The number of benzene rings is 3. The summed E-state index contributed by atoms with van der Waals surface area (Å²) in [5.41, 5.74) is 7.73. The number of fused-ring (bicyclic) bond motifs is 1. The van der Waals surface area contributed by atoms with Crippen LogP contribution in [0.3, 0.4) is 0 Å². The van der Waals surface area contributed by atoms with Gasteiger partial charge in [-0.05, 0) is 63.4 Å². The number of aromatic carboxylic acids is 1. The monoisotopic (exact) mass is 382 g/mol. The van der Waals surface area contributed by atoms with E-state index in [1.165, 1.54) is 22.3 Å². The minimum absolute atomic E-state index is 0. The van der Waals surface area contributed by atoms with Crippen molar-refractivity contribution in [2.24, 2.45) is 0 Å². The maximum Gasteiger partial charge on any atom is 0.335 e. The van der Waals surface area contributed by atoms with Crippen molar-refractivity contribution < 1.29 is 11.3 Å². The topological polar surface area (TPSA) is 37.3 Å². The van der Waals surface area contributed by atoms with E-state index in [0.29, 0.717) is 5.56 Å². The minimum Gasteiger partial charge on any atom is -0.478 e. The third-order valence-corrected chi connectivity index (χ3v) is 5.59. The largest absolute Gasteiger partial charge is 0.478 e. The van der Waals surface area contributed by atoms with Crippen LogP contribution >= 0.6 is 0 Å². The van der Waals surface area contributed by atoms with Crippen LogP contribution in [0.4, 0.5) is 0 Å². The Labute approximate surface area is 173 Å². The third kappa shape index (κ3) is 3.93. The zero-order chi connectivity index (χ0) is 20.4. The Balaban J connectivity index is 0.00000256. The van der Waals surface area contributed by atoms with Crippen LogP contribution in [0.2, 0.25) is 0 Å². The summed E-state index contributed by atoms with van der Waals surface area (Å²) in [6.07, 6.45) is 7.48. The summed E-state index contributed by atoms with van der Waals surface area (Å²) in [6.45, 7) is 4.59. The second-order valence-corrected chi connectivity index (χ2v) is 8.14. The molecule has 0 saturated heterocycles. The zero-order valence-electron chi connectivity index (χ0n) is 16.7. The molecular formula is C27H26O2. The van der Waals surface area contributed by atoms with Crippen molar-refractivity contribution in [3.63, 3.8) is 0 Å². The number of carboxylic acids is 1. The highest BCUT2D eigenvalue weighted by atomic mass is 16.4. The molecule has 0 radical (unpaired) electrons. The van der Waals surface area contributed by atoms with Gasteiger partial charge in [0.05, 0.1) is 5.56 Å². The normalized spacial score (nSPS) is 15.0. The Kier molecular flexibility index (Phi) is 4.94. The van der Waals surface area contributed by atoms with Crippen LogP contribution in [-0.4, -0.2) is 11.1 Å². The van der Waals surface area contributed by atoms with Crippen LogP contribution in [-0.2, 0) is 5.41 Å². The second kappa shape index (κ2) is 7.56. The van der Waals surface area contributed by atoms with E-state index in [1.807, 2.05) is 24.3 Å². The second-order valence-electron chi connectivity index (χ2n) is 8.14. The van der Waals surface area contributed by atoms with Crippen molar-refractivity contribution in [2.45, 2.75) is 25.7 Å². The fourth-order valence-corrected chi connectivity index (χ4v) is 3.88. The molecule has 0 heterocycles. The molecule has 2 heteroatoms. The summed E-state index contributed by atoms with van der Waals surface area (Å²) >= 11 is 0. The van der Waals surface area contributed by atoms with Crippen molar-refractivity contribution in [3.8, 4) is 0 Å². The van der Waals surface area contributed by atoms with Gasteiger partial charge in [0, 0.05) is 1.43 Å². The molecule has 1 N–H and O–H groups in total. The molecule has 0 spiro atoms. The van der Waals surface area contributed by atoms with E-state index < -0.39 is 5.97 Å². The van der Waals surface area contributed by atoms with E-state index in [0.717, 1.165) is 17.5 Å². The molecule has 0 aromatic heterocycles. The van der Waals surface area contributed by atoms with Crippen LogP contribution < -0.4 is 0 Å². The van der Waals surface area contributed by atoms with Crippen LogP contribution in [0.25, 0.3) is 17.7 Å². The van der Waals surface area contributed by atoms with Crippen molar-refractivity contribution in [1.29, 1.82) is 0 Å². The molecular weight excluding hydrogens is 356 g/mol. The molecule has 0 saturated carbocycles. The molecule has 0 fully saturated rings. The fourth-order valence-electron chi connectivity index (χ4n) is 3.88. The van der Waals surface area contributed by atoms with Crippen molar-refractivity contribution in [1.82, 2.24) is 0 Å². The summed E-state index contributed by atoms with van der Waals surface area (Å²) in [6, 6.07) is 24.1. The Morgan fingerprint density at radius 3 is 2.28 bits per heavy atom. The average molecular weight is 383 g/mol. The first-order valence-electron chi connectivity index (χ1n) is 9.86. The average Bonchev–Trinajstić information content (AvgIpc) is 2.73. The number of allylic oxidation sites excluding steroid dienone is 1. The predicted molar refractivity (Wildman–Crippen MR) is 122 cm³/mol. The standard InChI is InChI=1S/C27H24O2.H2/c1-27(2)17-16-23(21-6-4-3-5-7-21)24-18-20(12-15-25(24)27)9-8-19-10-13-22(14-11-19)26(28)29;/h3-16,18H,17H2,1-2H3,(H,28,29);1H/b9-8+;. The van der Waals surface area contributed by atoms with Crippen molar-refractivity contribution >= 4 is 23.7 Å². The molecule has 4 rings (SSSR count). The van der Waals surface area contributed by atoms with Gasteiger partial charge in [-0.15, -0.1) is 0 Å². The highest BCUT2D eigenvalue weighted by Gasteiger charge is 2.28. The Bertz CT molecular complexity index is 1110. The van der Waals surface area contributed by atoms with E-state index in [9.17, 15) is 4.79 Å². The van der Waals surface area contributed by atoms with Gasteiger partial charge < -0.3 is 5.11 Å². The molecule has 29 heavy (non-hydrogen) atoms.